The fourth-order valence-corrected chi connectivity index (χ4v) is 2.17. The number of nitrogens with zero attached hydrogens (tertiary/aromatic N) is 2. The van der Waals surface area contributed by atoms with Gasteiger partial charge in [0.15, 0.2) is 0 Å². The molecule has 0 aliphatic heterocycles. The lowest BCUT2D eigenvalue weighted by atomic mass is 10.1. The molecule has 6 nitrogen and oxygen atoms in total. The molecule has 0 radical (unpaired) electrons. The van der Waals surface area contributed by atoms with Crippen molar-refractivity contribution in [1.82, 2.24) is 9.80 Å². The summed E-state index contributed by atoms with van der Waals surface area (Å²) in [5.41, 5.74) is 0.826. The Labute approximate surface area is 136 Å². The Morgan fingerprint density at radius 3 is 2.13 bits per heavy atom. The SMILES string of the molecule is CC(C)CN(CCC(=O)O)C(=O)c1cccc(C(=O)N(C)C)c1. The van der Waals surface area contributed by atoms with Crippen molar-refractivity contribution < 1.29 is 19.5 Å². The summed E-state index contributed by atoms with van der Waals surface area (Å²) in [5.74, 6) is -1.16. The Hall–Kier alpha value is -2.37. The highest BCUT2D eigenvalue weighted by atomic mass is 16.4. The minimum atomic E-state index is -0.942. The number of aliphatic carboxylic acids is 1. The van der Waals surface area contributed by atoms with Crippen LogP contribution in [0.25, 0.3) is 0 Å². The van der Waals surface area contributed by atoms with Gasteiger partial charge in [0, 0.05) is 38.3 Å². The lowest BCUT2D eigenvalue weighted by Crippen LogP contribution is -2.36. The van der Waals surface area contributed by atoms with Gasteiger partial charge in [0.1, 0.15) is 0 Å². The summed E-state index contributed by atoms with van der Waals surface area (Å²) in [6.45, 7) is 4.55. The van der Waals surface area contributed by atoms with Crippen molar-refractivity contribution in [2.45, 2.75) is 20.3 Å². The van der Waals surface area contributed by atoms with Crippen molar-refractivity contribution in [2.75, 3.05) is 27.2 Å². The molecule has 1 aromatic carbocycles. The number of hydrogen-bond donors (Lipinski definition) is 1. The highest BCUT2D eigenvalue weighted by Crippen LogP contribution is 2.12. The van der Waals surface area contributed by atoms with Crippen LogP contribution < -0.4 is 0 Å². The van der Waals surface area contributed by atoms with Crippen LogP contribution in [0, 0.1) is 5.92 Å². The van der Waals surface area contributed by atoms with Crippen molar-refractivity contribution in [1.29, 1.82) is 0 Å². The number of benzene rings is 1. The molecular weight excluding hydrogens is 296 g/mol. The number of rotatable bonds is 7. The van der Waals surface area contributed by atoms with E-state index >= 15 is 0 Å². The van der Waals surface area contributed by atoms with E-state index in [0.29, 0.717) is 17.7 Å². The van der Waals surface area contributed by atoms with Crippen molar-refractivity contribution in [2.24, 2.45) is 5.92 Å². The first-order valence-corrected chi connectivity index (χ1v) is 7.55. The van der Waals surface area contributed by atoms with Crippen molar-refractivity contribution in [3.63, 3.8) is 0 Å². The quantitative estimate of drug-likeness (QED) is 0.833. The summed E-state index contributed by atoms with van der Waals surface area (Å²) in [7, 11) is 3.30. The third-order valence-corrected chi connectivity index (χ3v) is 3.23. The average molecular weight is 320 g/mol. The second-order valence-electron chi connectivity index (χ2n) is 6.07. The average Bonchev–Trinajstić information content (AvgIpc) is 2.49. The van der Waals surface area contributed by atoms with Gasteiger partial charge >= 0.3 is 5.97 Å². The van der Waals surface area contributed by atoms with Gasteiger partial charge in [-0.25, -0.2) is 0 Å². The Kier molecular flexibility index (Phi) is 6.75. The maximum Gasteiger partial charge on any atom is 0.305 e. The van der Waals surface area contributed by atoms with Gasteiger partial charge in [-0.3, -0.25) is 14.4 Å². The molecule has 0 fully saturated rings. The first kappa shape index (κ1) is 18.7. The number of carboxylic acids is 1. The molecule has 0 atom stereocenters. The summed E-state index contributed by atoms with van der Waals surface area (Å²) < 4.78 is 0. The standard InChI is InChI=1S/C17H24N2O4/c1-12(2)11-19(9-8-15(20)21)17(23)14-7-5-6-13(10-14)16(22)18(3)4/h5-7,10,12H,8-9,11H2,1-4H3,(H,20,21). The van der Waals surface area contributed by atoms with E-state index < -0.39 is 5.97 Å². The number of carbonyl (C=O) groups excluding carboxylic acids is 2. The smallest absolute Gasteiger partial charge is 0.305 e. The number of amides is 2. The van der Waals surface area contributed by atoms with Crippen molar-refractivity contribution in [3.8, 4) is 0 Å². The van der Waals surface area contributed by atoms with Crippen LogP contribution in [0.15, 0.2) is 24.3 Å². The molecule has 0 unspecified atom stereocenters. The molecule has 126 valence electrons. The van der Waals surface area contributed by atoms with Gasteiger partial charge in [-0.2, -0.15) is 0 Å². The molecule has 0 aliphatic carbocycles. The minimum absolute atomic E-state index is 0.102. The molecule has 1 aromatic rings. The van der Waals surface area contributed by atoms with E-state index in [1.807, 2.05) is 13.8 Å². The van der Waals surface area contributed by atoms with Crippen LogP contribution in [0.5, 0.6) is 0 Å². The van der Waals surface area contributed by atoms with Crippen LogP contribution in [0.3, 0.4) is 0 Å². The van der Waals surface area contributed by atoms with E-state index in [0.717, 1.165) is 0 Å². The third-order valence-electron chi connectivity index (χ3n) is 3.23. The third kappa shape index (κ3) is 5.73. The van der Waals surface area contributed by atoms with Crippen molar-refractivity contribution in [3.05, 3.63) is 35.4 Å². The van der Waals surface area contributed by atoms with Gasteiger partial charge in [-0.15, -0.1) is 0 Å². The van der Waals surface area contributed by atoms with E-state index in [4.69, 9.17) is 5.11 Å². The Balaban J connectivity index is 3.00. The maximum atomic E-state index is 12.6. The summed E-state index contributed by atoms with van der Waals surface area (Å²) >= 11 is 0. The molecule has 23 heavy (non-hydrogen) atoms. The maximum absolute atomic E-state index is 12.6. The molecular formula is C17H24N2O4. The van der Waals surface area contributed by atoms with Crippen molar-refractivity contribution >= 4 is 17.8 Å². The van der Waals surface area contributed by atoms with E-state index in [1.165, 1.54) is 9.80 Å². The fourth-order valence-electron chi connectivity index (χ4n) is 2.17. The number of carboxylic acid groups (broad SMARTS) is 1. The predicted octanol–water partition coefficient (Wildman–Crippen LogP) is 1.96. The Morgan fingerprint density at radius 1 is 1.09 bits per heavy atom. The van der Waals surface area contributed by atoms with Crippen LogP contribution in [-0.4, -0.2) is 59.9 Å². The normalized spacial score (nSPS) is 10.5. The summed E-state index contributed by atoms with van der Waals surface area (Å²) in [6, 6.07) is 6.51. The van der Waals surface area contributed by atoms with Gasteiger partial charge in [-0.1, -0.05) is 19.9 Å². The molecule has 0 aliphatic rings. The van der Waals surface area contributed by atoms with Crippen LogP contribution in [0.2, 0.25) is 0 Å². The largest absolute Gasteiger partial charge is 0.481 e. The Bertz CT molecular complexity index is 582. The summed E-state index contributed by atoms with van der Waals surface area (Å²) in [4.78, 5) is 38.4. The van der Waals surface area contributed by atoms with Gasteiger partial charge in [0.25, 0.3) is 11.8 Å². The van der Waals surface area contributed by atoms with E-state index in [1.54, 1.807) is 38.4 Å². The van der Waals surface area contributed by atoms with E-state index in [9.17, 15) is 14.4 Å². The molecule has 6 heteroatoms. The molecule has 1 N–H and O–H groups in total. The second kappa shape index (κ2) is 8.31. The lowest BCUT2D eigenvalue weighted by molar-refractivity contribution is -0.137. The van der Waals surface area contributed by atoms with Crippen LogP contribution in [0.1, 0.15) is 41.0 Å². The minimum Gasteiger partial charge on any atom is -0.481 e. The number of hydrogen-bond acceptors (Lipinski definition) is 3. The summed E-state index contributed by atoms with van der Waals surface area (Å²) in [5, 5.41) is 8.84. The molecule has 0 bridgehead atoms. The monoisotopic (exact) mass is 320 g/mol. The zero-order valence-electron chi connectivity index (χ0n) is 14.1. The molecule has 0 heterocycles. The first-order chi connectivity index (χ1) is 10.7. The first-order valence-electron chi connectivity index (χ1n) is 7.55. The van der Waals surface area contributed by atoms with Gasteiger partial charge in [-0.05, 0) is 24.1 Å². The zero-order chi connectivity index (χ0) is 17.6. The van der Waals surface area contributed by atoms with E-state index in [2.05, 4.69) is 0 Å². The van der Waals surface area contributed by atoms with Gasteiger partial charge < -0.3 is 14.9 Å². The molecule has 0 spiro atoms. The van der Waals surface area contributed by atoms with Crippen LogP contribution in [-0.2, 0) is 4.79 Å². The highest BCUT2D eigenvalue weighted by Gasteiger charge is 2.19. The fraction of sp³-hybridized carbons (Fsp3) is 0.471. The Morgan fingerprint density at radius 2 is 1.65 bits per heavy atom. The molecule has 0 saturated carbocycles. The van der Waals surface area contributed by atoms with E-state index in [-0.39, 0.29) is 30.7 Å². The number of carbonyl (C=O) groups is 3. The summed E-state index contributed by atoms with van der Waals surface area (Å²) in [6.07, 6.45) is -0.102. The molecule has 1 rings (SSSR count). The molecule has 0 aromatic heterocycles. The molecule has 2 amide bonds. The van der Waals surface area contributed by atoms with Crippen LogP contribution in [0.4, 0.5) is 0 Å². The predicted molar refractivity (Wildman–Crippen MR) is 87.5 cm³/mol. The second-order valence-corrected chi connectivity index (χ2v) is 6.07. The zero-order valence-corrected chi connectivity index (χ0v) is 14.1. The lowest BCUT2D eigenvalue weighted by Gasteiger charge is -2.24. The topological polar surface area (TPSA) is 77.9 Å². The highest BCUT2D eigenvalue weighted by molar-refractivity contribution is 5.99. The van der Waals surface area contributed by atoms with Crippen LogP contribution >= 0.6 is 0 Å². The van der Waals surface area contributed by atoms with Gasteiger partial charge in [0.2, 0.25) is 0 Å². The molecule has 0 saturated heterocycles. The van der Waals surface area contributed by atoms with Gasteiger partial charge in [0.05, 0.1) is 6.42 Å².